The minimum Gasteiger partial charge on any atom is -0.351 e. The number of carbonyl (C=O) groups excluding carboxylic acids is 1. The van der Waals surface area contributed by atoms with Crippen molar-refractivity contribution < 1.29 is 18.0 Å². The molecular formula is C26H37F3N2O. The van der Waals surface area contributed by atoms with Crippen molar-refractivity contribution in [3.8, 4) is 0 Å². The predicted molar refractivity (Wildman–Crippen MR) is 122 cm³/mol. The van der Waals surface area contributed by atoms with E-state index in [2.05, 4.69) is 23.7 Å². The third kappa shape index (κ3) is 5.38. The lowest BCUT2D eigenvalue weighted by Crippen LogP contribution is -2.52. The zero-order valence-electron chi connectivity index (χ0n) is 19.8. The van der Waals surface area contributed by atoms with E-state index in [-0.39, 0.29) is 23.4 Å². The van der Waals surface area contributed by atoms with Crippen LogP contribution in [0.1, 0.15) is 82.5 Å². The van der Waals surface area contributed by atoms with Crippen molar-refractivity contribution in [1.82, 2.24) is 10.2 Å². The Kier molecular flexibility index (Phi) is 7.14. The smallest absolute Gasteiger partial charge is 0.351 e. The summed E-state index contributed by atoms with van der Waals surface area (Å²) in [5, 5.41) is 3.17. The van der Waals surface area contributed by atoms with Gasteiger partial charge in [-0.1, -0.05) is 19.1 Å². The summed E-state index contributed by atoms with van der Waals surface area (Å²) in [6.07, 6.45) is 2.51. The first-order valence-corrected chi connectivity index (χ1v) is 11.7. The van der Waals surface area contributed by atoms with Crippen LogP contribution in [0.25, 0.3) is 0 Å². The third-order valence-electron chi connectivity index (χ3n) is 7.27. The van der Waals surface area contributed by atoms with Gasteiger partial charge in [-0.15, -0.1) is 6.58 Å². The monoisotopic (exact) mass is 450 g/mol. The average molecular weight is 451 g/mol. The van der Waals surface area contributed by atoms with Gasteiger partial charge < -0.3 is 5.32 Å². The Labute approximate surface area is 190 Å². The first-order chi connectivity index (χ1) is 14.8. The van der Waals surface area contributed by atoms with Crippen molar-refractivity contribution in [3.63, 3.8) is 0 Å². The number of likely N-dealkylation sites (tertiary alicyclic amines) is 1. The van der Waals surface area contributed by atoms with Crippen molar-refractivity contribution in [1.29, 1.82) is 0 Å². The number of carbonyl (C=O) groups is 1. The van der Waals surface area contributed by atoms with Crippen molar-refractivity contribution >= 4 is 5.91 Å². The second-order valence-corrected chi connectivity index (χ2v) is 10.7. The molecule has 1 aromatic carbocycles. The molecule has 2 aliphatic rings. The van der Waals surface area contributed by atoms with Gasteiger partial charge in [-0.05, 0) is 102 Å². The Morgan fingerprint density at radius 2 is 1.81 bits per heavy atom. The summed E-state index contributed by atoms with van der Waals surface area (Å²) >= 11 is 0. The maximum atomic E-state index is 13.3. The number of halogens is 3. The lowest BCUT2D eigenvalue weighted by molar-refractivity contribution is -0.138. The molecule has 1 saturated heterocycles. The summed E-state index contributed by atoms with van der Waals surface area (Å²) in [5.41, 5.74) is 0.527. The number of nitrogens with zero attached hydrogens (tertiary/aromatic N) is 1. The summed E-state index contributed by atoms with van der Waals surface area (Å²) < 4.78 is 39.7. The first kappa shape index (κ1) is 24.8. The van der Waals surface area contributed by atoms with Crippen LogP contribution in [0.2, 0.25) is 0 Å². The zero-order valence-corrected chi connectivity index (χ0v) is 19.8. The summed E-state index contributed by atoms with van der Waals surface area (Å²) in [5.74, 6) is 0.328. The molecule has 3 rings (SSSR count). The number of amides is 1. The van der Waals surface area contributed by atoms with E-state index >= 15 is 0 Å². The number of hydrogen-bond donors (Lipinski definition) is 1. The number of aryl methyl sites for hydroxylation is 1. The Bertz CT molecular complexity index is 834. The van der Waals surface area contributed by atoms with Crippen LogP contribution in [-0.2, 0) is 17.4 Å². The van der Waals surface area contributed by atoms with E-state index in [0.717, 1.165) is 62.7 Å². The molecule has 1 aliphatic carbocycles. The number of benzene rings is 1. The average Bonchev–Trinajstić information content (AvgIpc) is 3.13. The molecular weight excluding hydrogens is 413 g/mol. The maximum Gasteiger partial charge on any atom is 0.416 e. The van der Waals surface area contributed by atoms with Crippen molar-refractivity contribution in [2.75, 3.05) is 13.1 Å². The highest BCUT2D eigenvalue weighted by Gasteiger charge is 2.44. The molecule has 0 bridgehead atoms. The van der Waals surface area contributed by atoms with E-state index in [9.17, 15) is 18.0 Å². The minimum atomic E-state index is -4.32. The van der Waals surface area contributed by atoms with Gasteiger partial charge in [0.05, 0.1) is 5.56 Å². The molecule has 1 aliphatic heterocycles. The Hall–Kier alpha value is -1.82. The van der Waals surface area contributed by atoms with E-state index in [1.807, 2.05) is 26.8 Å². The quantitative estimate of drug-likeness (QED) is 0.517. The summed E-state index contributed by atoms with van der Waals surface area (Å²) in [7, 11) is 0. The van der Waals surface area contributed by atoms with Crippen LogP contribution in [0.4, 0.5) is 13.2 Å². The third-order valence-corrected chi connectivity index (χ3v) is 7.27. The number of fused-ring (bicyclic) bond motifs is 1. The number of piperidine rings is 1. The van der Waals surface area contributed by atoms with Gasteiger partial charge in [0.25, 0.3) is 0 Å². The molecule has 1 amide bonds. The molecule has 2 unspecified atom stereocenters. The van der Waals surface area contributed by atoms with Crippen LogP contribution in [0.15, 0.2) is 30.9 Å². The van der Waals surface area contributed by atoms with E-state index in [4.69, 9.17) is 0 Å². The number of hydrogen-bond acceptors (Lipinski definition) is 2. The van der Waals surface area contributed by atoms with Crippen LogP contribution in [-0.4, -0.2) is 29.4 Å². The molecule has 178 valence electrons. The van der Waals surface area contributed by atoms with Gasteiger partial charge in [-0.25, -0.2) is 0 Å². The largest absolute Gasteiger partial charge is 0.416 e. The molecule has 0 radical (unpaired) electrons. The zero-order chi connectivity index (χ0) is 23.7. The maximum absolute atomic E-state index is 13.3. The molecule has 1 fully saturated rings. The second-order valence-electron chi connectivity index (χ2n) is 10.7. The molecule has 0 spiro atoms. The van der Waals surface area contributed by atoms with Gasteiger partial charge in [0.15, 0.2) is 0 Å². The number of rotatable bonds is 6. The molecule has 0 saturated carbocycles. The summed E-state index contributed by atoms with van der Waals surface area (Å²) in [6, 6.07) is 4.24. The highest BCUT2D eigenvalue weighted by molar-refractivity contribution is 5.83. The van der Waals surface area contributed by atoms with Gasteiger partial charge in [0.2, 0.25) is 5.91 Å². The molecule has 32 heavy (non-hydrogen) atoms. The normalized spacial score (nSPS) is 22.3. The highest BCUT2D eigenvalue weighted by atomic mass is 19.4. The molecule has 1 heterocycles. The highest BCUT2D eigenvalue weighted by Crippen LogP contribution is 2.44. The van der Waals surface area contributed by atoms with Crippen LogP contribution in [0.3, 0.4) is 0 Å². The Morgan fingerprint density at radius 1 is 1.16 bits per heavy atom. The van der Waals surface area contributed by atoms with Crippen molar-refractivity contribution in [2.24, 2.45) is 11.3 Å². The summed E-state index contributed by atoms with van der Waals surface area (Å²) in [4.78, 5) is 15.6. The Morgan fingerprint density at radius 3 is 2.38 bits per heavy atom. The fourth-order valence-electron chi connectivity index (χ4n) is 5.37. The van der Waals surface area contributed by atoms with Gasteiger partial charge in [0, 0.05) is 17.0 Å². The van der Waals surface area contributed by atoms with Gasteiger partial charge >= 0.3 is 6.18 Å². The van der Waals surface area contributed by atoms with Crippen LogP contribution in [0, 0.1) is 11.3 Å². The molecule has 1 N–H and O–H groups in total. The molecule has 2 atom stereocenters. The van der Waals surface area contributed by atoms with E-state index in [0.29, 0.717) is 0 Å². The lowest BCUT2D eigenvalue weighted by atomic mass is 9.68. The number of alkyl halides is 3. The van der Waals surface area contributed by atoms with Gasteiger partial charge in [0.1, 0.15) is 0 Å². The van der Waals surface area contributed by atoms with E-state index in [1.54, 1.807) is 6.07 Å². The van der Waals surface area contributed by atoms with Crippen LogP contribution < -0.4 is 5.32 Å². The summed E-state index contributed by atoms with van der Waals surface area (Å²) in [6.45, 7) is 13.5. The molecule has 0 aromatic heterocycles. The first-order valence-electron chi connectivity index (χ1n) is 11.7. The van der Waals surface area contributed by atoms with Gasteiger partial charge in [-0.2, -0.15) is 13.2 Å². The predicted octanol–water partition coefficient (Wildman–Crippen LogP) is 6.29. The topological polar surface area (TPSA) is 32.3 Å². The van der Waals surface area contributed by atoms with Gasteiger partial charge in [-0.3, -0.25) is 9.69 Å². The standard InChI is InChI=1S/C26H37F3N2O/c1-6-7-14-25(5,23(32)30-24(2,3)4)19-12-15-31(16-13-19)22-11-9-18-8-10-20(17-21(18)22)26(27,28)29/h6,8,10,17,19,22H,1,7,9,11-16H2,2-5H3,(H,30,32). The van der Waals surface area contributed by atoms with Crippen LogP contribution >= 0.6 is 0 Å². The molecule has 6 heteroatoms. The SMILES string of the molecule is C=CCCC(C)(C(=O)NC(C)(C)C)C1CCN(C2CCc3ccc(C(F)(F)F)cc32)CC1. The van der Waals surface area contributed by atoms with Crippen molar-refractivity contribution in [3.05, 3.63) is 47.5 Å². The van der Waals surface area contributed by atoms with Crippen molar-refractivity contribution in [2.45, 2.75) is 84.0 Å². The second kappa shape index (κ2) is 9.20. The molecule has 1 aromatic rings. The minimum absolute atomic E-state index is 0.0380. The van der Waals surface area contributed by atoms with E-state index in [1.165, 1.54) is 12.1 Å². The Balaban J connectivity index is 1.73. The number of nitrogens with one attached hydrogen (secondary N) is 1. The van der Waals surface area contributed by atoms with E-state index < -0.39 is 17.2 Å². The molecule has 3 nitrogen and oxygen atoms in total. The lowest BCUT2D eigenvalue weighted by Gasteiger charge is -2.44. The van der Waals surface area contributed by atoms with Crippen LogP contribution in [0.5, 0.6) is 0 Å². The fraction of sp³-hybridized carbons (Fsp3) is 0.654. The fourth-order valence-corrected chi connectivity index (χ4v) is 5.37. The number of allylic oxidation sites excluding steroid dienone is 1.